The van der Waals surface area contributed by atoms with Gasteiger partial charge in [0.2, 0.25) is 0 Å². The molecule has 0 spiro atoms. The van der Waals surface area contributed by atoms with Crippen molar-refractivity contribution in [1.82, 2.24) is 0 Å². The Morgan fingerprint density at radius 1 is 1.14 bits per heavy atom. The SMILES string of the molecule is Cc1ccc(C(=O)Nc2cccc(CC(=O)O)c2)cc1O. The molecule has 3 N–H and O–H groups in total. The molecule has 0 aliphatic carbocycles. The van der Waals surface area contributed by atoms with E-state index in [1.54, 1.807) is 43.3 Å². The number of carboxylic acids is 1. The van der Waals surface area contributed by atoms with Crippen LogP contribution in [0.1, 0.15) is 21.5 Å². The summed E-state index contributed by atoms with van der Waals surface area (Å²) in [6, 6.07) is 11.3. The number of aliphatic carboxylic acids is 1. The van der Waals surface area contributed by atoms with Crippen molar-refractivity contribution < 1.29 is 19.8 Å². The van der Waals surface area contributed by atoms with Gasteiger partial charge in [-0.3, -0.25) is 9.59 Å². The fourth-order valence-corrected chi connectivity index (χ4v) is 1.89. The second kappa shape index (κ2) is 6.09. The molecule has 0 bridgehead atoms. The van der Waals surface area contributed by atoms with E-state index < -0.39 is 5.97 Å². The van der Waals surface area contributed by atoms with E-state index in [4.69, 9.17) is 5.11 Å². The third-order valence-electron chi connectivity index (χ3n) is 3.01. The molecule has 108 valence electrons. The maximum atomic E-state index is 12.1. The largest absolute Gasteiger partial charge is 0.508 e. The normalized spacial score (nSPS) is 10.1. The number of carbonyl (C=O) groups is 2. The van der Waals surface area contributed by atoms with Crippen molar-refractivity contribution in [2.24, 2.45) is 0 Å². The van der Waals surface area contributed by atoms with E-state index >= 15 is 0 Å². The summed E-state index contributed by atoms with van der Waals surface area (Å²) in [4.78, 5) is 22.8. The molecule has 5 nitrogen and oxygen atoms in total. The topological polar surface area (TPSA) is 86.6 Å². The summed E-state index contributed by atoms with van der Waals surface area (Å²) < 4.78 is 0. The number of rotatable bonds is 4. The van der Waals surface area contributed by atoms with Crippen molar-refractivity contribution in [3.05, 3.63) is 59.2 Å². The number of aryl methyl sites for hydroxylation is 1. The number of carbonyl (C=O) groups excluding carboxylic acids is 1. The van der Waals surface area contributed by atoms with E-state index in [1.807, 2.05) is 0 Å². The van der Waals surface area contributed by atoms with E-state index in [0.29, 0.717) is 22.4 Å². The average molecular weight is 285 g/mol. The molecule has 0 heterocycles. The van der Waals surface area contributed by atoms with Crippen LogP contribution < -0.4 is 5.32 Å². The van der Waals surface area contributed by atoms with E-state index in [9.17, 15) is 14.7 Å². The van der Waals surface area contributed by atoms with Crippen LogP contribution in [-0.4, -0.2) is 22.1 Å². The molecule has 2 aromatic rings. The Kier molecular flexibility index (Phi) is 4.23. The Bertz CT molecular complexity index is 694. The van der Waals surface area contributed by atoms with Gasteiger partial charge in [-0.1, -0.05) is 18.2 Å². The first kappa shape index (κ1) is 14.6. The molecule has 2 rings (SSSR count). The lowest BCUT2D eigenvalue weighted by molar-refractivity contribution is -0.136. The highest BCUT2D eigenvalue weighted by Gasteiger charge is 2.09. The molecule has 0 fully saturated rings. The fraction of sp³-hybridized carbons (Fsp3) is 0.125. The highest BCUT2D eigenvalue weighted by Crippen LogP contribution is 2.19. The van der Waals surface area contributed by atoms with Gasteiger partial charge in [0.25, 0.3) is 5.91 Å². The Morgan fingerprint density at radius 2 is 1.90 bits per heavy atom. The highest BCUT2D eigenvalue weighted by atomic mass is 16.4. The molecular formula is C16H15NO4. The average Bonchev–Trinajstić information content (AvgIpc) is 2.41. The molecule has 0 saturated carbocycles. The van der Waals surface area contributed by atoms with Crippen LogP contribution in [0.5, 0.6) is 5.75 Å². The molecule has 0 aliphatic rings. The number of carboxylic acid groups (broad SMARTS) is 1. The number of anilines is 1. The van der Waals surface area contributed by atoms with Crippen molar-refractivity contribution in [3.8, 4) is 5.75 Å². The summed E-state index contributed by atoms with van der Waals surface area (Å²) in [6.45, 7) is 1.74. The van der Waals surface area contributed by atoms with Gasteiger partial charge < -0.3 is 15.5 Å². The van der Waals surface area contributed by atoms with E-state index in [0.717, 1.165) is 0 Å². The van der Waals surface area contributed by atoms with Gasteiger partial charge in [0, 0.05) is 11.3 Å². The number of hydrogen-bond donors (Lipinski definition) is 3. The van der Waals surface area contributed by atoms with Crippen LogP contribution >= 0.6 is 0 Å². The van der Waals surface area contributed by atoms with Gasteiger partial charge in [0.1, 0.15) is 5.75 Å². The maximum absolute atomic E-state index is 12.1. The number of phenols is 1. The fourth-order valence-electron chi connectivity index (χ4n) is 1.89. The van der Waals surface area contributed by atoms with Gasteiger partial charge in [-0.25, -0.2) is 0 Å². The minimum Gasteiger partial charge on any atom is -0.508 e. The Balaban J connectivity index is 2.15. The second-order valence-corrected chi connectivity index (χ2v) is 4.73. The van der Waals surface area contributed by atoms with Crippen molar-refractivity contribution >= 4 is 17.6 Å². The standard InChI is InChI=1S/C16H15NO4/c1-10-5-6-12(9-14(10)18)16(21)17-13-4-2-3-11(7-13)8-15(19)20/h2-7,9,18H,8H2,1H3,(H,17,21)(H,19,20). The molecule has 1 amide bonds. The number of nitrogens with one attached hydrogen (secondary N) is 1. The lowest BCUT2D eigenvalue weighted by atomic mass is 10.1. The van der Waals surface area contributed by atoms with Crippen LogP contribution in [0.4, 0.5) is 5.69 Å². The smallest absolute Gasteiger partial charge is 0.307 e. The Morgan fingerprint density at radius 3 is 2.57 bits per heavy atom. The molecule has 0 saturated heterocycles. The number of amides is 1. The predicted octanol–water partition coefficient (Wildman–Crippen LogP) is 2.58. The zero-order chi connectivity index (χ0) is 15.4. The van der Waals surface area contributed by atoms with Crippen molar-refractivity contribution in [2.75, 3.05) is 5.32 Å². The molecule has 5 heteroatoms. The minimum absolute atomic E-state index is 0.0577. The van der Waals surface area contributed by atoms with Gasteiger partial charge in [-0.2, -0.15) is 0 Å². The first-order valence-corrected chi connectivity index (χ1v) is 6.37. The third-order valence-corrected chi connectivity index (χ3v) is 3.01. The first-order valence-electron chi connectivity index (χ1n) is 6.37. The molecular weight excluding hydrogens is 270 g/mol. The van der Waals surface area contributed by atoms with Crippen LogP contribution in [0.3, 0.4) is 0 Å². The molecule has 2 aromatic carbocycles. The zero-order valence-electron chi connectivity index (χ0n) is 11.5. The predicted molar refractivity (Wildman–Crippen MR) is 78.6 cm³/mol. The molecule has 0 radical (unpaired) electrons. The monoisotopic (exact) mass is 285 g/mol. The van der Waals surface area contributed by atoms with Crippen LogP contribution in [-0.2, 0) is 11.2 Å². The second-order valence-electron chi connectivity index (χ2n) is 4.73. The number of aromatic hydroxyl groups is 1. The summed E-state index contributed by atoms with van der Waals surface area (Å²) in [5.41, 5.74) is 2.14. The molecule has 21 heavy (non-hydrogen) atoms. The van der Waals surface area contributed by atoms with Crippen LogP contribution in [0, 0.1) is 6.92 Å². The van der Waals surface area contributed by atoms with E-state index in [-0.39, 0.29) is 18.1 Å². The molecule has 0 atom stereocenters. The summed E-state index contributed by atoms with van der Waals surface area (Å²) >= 11 is 0. The highest BCUT2D eigenvalue weighted by molar-refractivity contribution is 6.04. The Labute approximate surface area is 121 Å². The van der Waals surface area contributed by atoms with Gasteiger partial charge in [0.05, 0.1) is 6.42 Å². The summed E-state index contributed by atoms with van der Waals surface area (Å²) in [5.74, 6) is -1.23. The van der Waals surface area contributed by atoms with Crippen LogP contribution in [0.15, 0.2) is 42.5 Å². The van der Waals surface area contributed by atoms with Crippen molar-refractivity contribution in [2.45, 2.75) is 13.3 Å². The summed E-state index contributed by atoms with van der Waals surface area (Å²) in [7, 11) is 0. The van der Waals surface area contributed by atoms with Gasteiger partial charge in [0.15, 0.2) is 0 Å². The minimum atomic E-state index is -0.929. The van der Waals surface area contributed by atoms with Crippen LogP contribution in [0.25, 0.3) is 0 Å². The first-order chi connectivity index (χ1) is 9.95. The number of phenolic OH excluding ortho intramolecular Hbond substituents is 1. The van der Waals surface area contributed by atoms with Gasteiger partial charge in [-0.15, -0.1) is 0 Å². The summed E-state index contributed by atoms with van der Waals surface area (Å²) in [6.07, 6.45) is -0.102. The molecule has 0 aromatic heterocycles. The van der Waals surface area contributed by atoms with Crippen LogP contribution in [0.2, 0.25) is 0 Å². The summed E-state index contributed by atoms with van der Waals surface area (Å²) in [5, 5.41) is 21.0. The lowest BCUT2D eigenvalue weighted by Gasteiger charge is -2.08. The zero-order valence-corrected chi connectivity index (χ0v) is 11.5. The third kappa shape index (κ3) is 3.82. The molecule has 0 aliphatic heterocycles. The van der Waals surface area contributed by atoms with Gasteiger partial charge in [-0.05, 0) is 42.3 Å². The van der Waals surface area contributed by atoms with E-state index in [1.165, 1.54) is 6.07 Å². The van der Waals surface area contributed by atoms with Crippen molar-refractivity contribution in [3.63, 3.8) is 0 Å². The van der Waals surface area contributed by atoms with E-state index in [2.05, 4.69) is 5.32 Å². The van der Waals surface area contributed by atoms with Crippen molar-refractivity contribution in [1.29, 1.82) is 0 Å². The Hall–Kier alpha value is -2.82. The number of benzene rings is 2. The number of hydrogen-bond acceptors (Lipinski definition) is 3. The quantitative estimate of drug-likeness (QED) is 0.805. The van der Waals surface area contributed by atoms with Gasteiger partial charge >= 0.3 is 5.97 Å². The molecule has 0 unspecified atom stereocenters. The lowest BCUT2D eigenvalue weighted by Crippen LogP contribution is -2.12. The maximum Gasteiger partial charge on any atom is 0.307 e.